The van der Waals surface area contributed by atoms with Crippen LogP contribution in [-0.4, -0.2) is 36.2 Å². The van der Waals surface area contributed by atoms with Crippen LogP contribution in [0, 0.1) is 0 Å². The Kier molecular flexibility index (Phi) is 1.73. The zero-order valence-electron chi connectivity index (χ0n) is 2.25. The van der Waals surface area contributed by atoms with Crippen molar-refractivity contribution < 1.29 is 13.0 Å². The molecule has 0 aromatic rings. The second-order valence-electron chi connectivity index (χ2n) is 0.515. The molecule has 0 fully saturated rings. The summed E-state index contributed by atoms with van der Waals surface area (Å²) >= 11 is -0.340. The van der Waals surface area contributed by atoms with E-state index in [1.54, 1.807) is 0 Å². The van der Waals surface area contributed by atoms with Gasteiger partial charge in [-0.05, 0) is 0 Å². The van der Waals surface area contributed by atoms with Crippen molar-refractivity contribution in [2.24, 2.45) is 0 Å². The standard InChI is InChI=1S/Bi.HO3S.2H/c;1-4(2)3;;/h;(H,1,2,3);;. The van der Waals surface area contributed by atoms with E-state index in [0.29, 0.717) is 0 Å². The first kappa shape index (κ1) is 5.79. The molecular weight excluding hydrogens is 289 g/mol. The van der Waals surface area contributed by atoms with Crippen LogP contribution in [0.25, 0.3) is 0 Å². The minimum atomic E-state index is -3.50. The van der Waals surface area contributed by atoms with Gasteiger partial charge in [-0.15, -0.1) is 0 Å². The Morgan fingerprint density at radius 3 is 1.60 bits per heavy atom. The molecule has 0 radical (unpaired) electrons. The van der Waals surface area contributed by atoms with E-state index in [2.05, 4.69) is 0 Å². The molecule has 0 aromatic heterocycles. The van der Waals surface area contributed by atoms with Crippen molar-refractivity contribution in [3.63, 3.8) is 0 Å². The van der Waals surface area contributed by atoms with E-state index in [1.807, 2.05) is 0 Å². The zero-order chi connectivity index (χ0) is 4.50. The first-order valence-electron chi connectivity index (χ1n) is 0.752. The molecule has 0 aromatic carbocycles. The molecule has 0 amide bonds. The summed E-state index contributed by atoms with van der Waals surface area (Å²) in [6.45, 7) is -3.50. The predicted molar refractivity (Wildman–Crippen MR) is 20.1 cm³/mol. The number of hydrogen-bond acceptors (Lipinski definition) is 2. The van der Waals surface area contributed by atoms with Gasteiger partial charge < -0.3 is 0 Å². The number of rotatable bonds is 0. The monoisotopic (exact) mass is 292 g/mol. The molecule has 5 heavy (non-hydrogen) atoms. The summed E-state index contributed by atoms with van der Waals surface area (Å²) in [5.74, 6) is 0. The quantitative estimate of drug-likeness (QED) is 0.433. The fourth-order valence-electron chi connectivity index (χ4n) is 0. The van der Waals surface area contributed by atoms with Crippen LogP contribution in [0.4, 0.5) is 0 Å². The molecule has 0 rings (SSSR count). The Morgan fingerprint density at radius 2 is 1.60 bits per heavy atom. The minimum absolute atomic E-state index is 0.340. The van der Waals surface area contributed by atoms with Gasteiger partial charge in [0, 0.05) is 0 Å². The Labute approximate surface area is 43.2 Å². The summed E-state index contributed by atoms with van der Waals surface area (Å²) in [6.07, 6.45) is 0. The third-order valence-electron chi connectivity index (χ3n) is 0. The van der Waals surface area contributed by atoms with Crippen molar-refractivity contribution in [2.45, 2.75) is 0 Å². The van der Waals surface area contributed by atoms with Gasteiger partial charge in [-0.1, -0.05) is 0 Å². The van der Waals surface area contributed by atoms with Crippen LogP contribution in [0.15, 0.2) is 0 Å². The van der Waals surface area contributed by atoms with Crippen LogP contribution in [0.1, 0.15) is 0 Å². The van der Waals surface area contributed by atoms with Gasteiger partial charge in [0.1, 0.15) is 0 Å². The molecule has 0 spiro atoms. The fraction of sp³-hybridized carbons (Fsp3) is 0. The predicted octanol–water partition coefficient (Wildman–Crippen LogP) is -1.58. The van der Waals surface area contributed by atoms with E-state index < -0.39 is 6.87 Å². The van der Waals surface area contributed by atoms with E-state index >= 15 is 0 Å². The molecule has 0 saturated carbocycles. The first-order valence-corrected chi connectivity index (χ1v) is 7.75. The third kappa shape index (κ3) is 59.4. The Bertz CT molecular complexity index is 90.1. The maximum atomic E-state index is 9.26. The second-order valence-corrected chi connectivity index (χ2v) is 8.49. The van der Waals surface area contributed by atoms with Gasteiger partial charge in [-0.2, -0.15) is 0 Å². The van der Waals surface area contributed by atoms with Gasteiger partial charge in [0.05, 0.1) is 0 Å². The van der Waals surface area contributed by atoms with E-state index in [1.165, 1.54) is 0 Å². The number of hydrogen-bond donors (Lipinski definition) is 1. The van der Waals surface area contributed by atoms with Gasteiger partial charge in [0.2, 0.25) is 0 Å². The van der Waals surface area contributed by atoms with E-state index in [9.17, 15) is 8.42 Å². The Hall–Kier alpha value is 0.793. The van der Waals surface area contributed by atoms with Crippen LogP contribution < -0.4 is 0 Å². The van der Waals surface area contributed by atoms with Crippen LogP contribution in [-0.2, 0) is 6.87 Å². The van der Waals surface area contributed by atoms with Crippen molar-refractivity contribution >= 4 is 30.1 Å². The van der Waals surface area contributed by atoms with Crippen LogP contribution >= 0.6 is 0 Å². The van der Waals surface area contributed by atoms with Gasteiger partial charge in [-0.25, -0.2) is 0 Å². The normalized spacial score (nSPS) is 11.6. The molecule has 1 N–H and O–H groups in total. The maximum absolute atomic E-state index is 9.26. The average Bonchev–Trinajstić information content (AvgIpc) is 0.722. The van der Waals surface area contributed by atoms with E-state index in [4.69, 9.17) is 4.55 Å². The van der Waals surface area contributed by atoms with Crippen LogP contribution in [0.3, 0.4) is 0 Å². The second kappa shape index (κ2) is 1.49. The van der Waals surface area contributed by atoms with Crippen molar-refractivity contribution in [1.82, 2.24) is 0 Å². The molecule has 0 atom stereocenters. The molecule has 0 aliphatic carbocycles. The van der Waals surface area contributed by atoms with Crippen molar-refractivity contribution in [3.8, 4) is 0 Å². The molecular formula is H3BiO3S. The average molecular weight is 292 g/mol. The summed E-state index contributed by atoms with van der Waals surface area (Å²) in [7, 11) is 0. The van der Waals surface area contributed by atoms with Crippen LogP contribution in [0.5, 0.6) is 0 Å². The van der Waals surface area contributed by atoms with Gasteiger partial charge in [-0.3, -0.25) is 0 Å². The van der Waals surface area contributed by atoms with Crippen molar-refractivity contribution in [1.29, 1.82) is 0 Å². The molecule has 0 unspecified atom stereocenters. The zero-order valence-corrected chi connectivity index (χ0v) is 7.55. The summed E-state index contributed by atoms with van der Waals surface area (Å²) in [5, 5.41) is 0. The molecule has 0 bridgehead atoms. The summed E-state index contributed by atoms with van der Waals surface area (Å²) in [6, 6.07) is 0. The fourth-order valence-corrected chi connectivity index (χ4v) is 0. The Morgan fingerprint density at radius 1 is 1.60 bits per heavy atom. The SMILES string of the molecule is O=[S](=O)(O)[BiH2]. The molecule has 3 nitrogen and oxygen atoms in total. The van der Waals surface area contributed by atoms with Crippen LogP contribution in [0.2, 0.25) is 0 Å². The van der Waals surface area contributed by atoms with Crippen molar-refractivity contribution in [3.05, 3.63) is 0 Å². The summed E-state index contributed by atoms with van der Waals surface area (Å²) in [5.41, 5.74) is 0. The van der Waals surface area contributed by atoms with Crippen molar-refractivity contribution in [2.75, 3.05) is 0 Å². The first-order chi connectivity index (χ1) is 2.00. The molecule has 0 heterocycles. The van der Waals surface area contributed by atoms with Gasteiger partial charge >= 0.3 is 43.1 Å². The summed E-state index contributed by atoms with van der Waals surface area (Å²) in [4.78, 5) is 0. The molecule has 5 heteroatoms. The Balaban J connectivity index is 4.06. The topological polar surface area (TPSA) is 54.4 Å². The molecule has 32 valence electrons. The molecule has 0 saturated heterocycles. The van der Waals surface area contributed by atoms with E-state index in [-0.39, 0.29) is 23.3 Å². The van der Waals surface area contributed by atoms with Gasteiger partial charge in [0.25, 0.3) is 0 Å². The summed E-state index contributed by atoms with van der Waals surface area (Å²) < 4.78 is 26.1. The van der Waals surface area contributed by atoms with E-state index in [0.717, 1.165) is 0 Å². The van der Waals surface area contributed by atoms with Gasteiger partial charge in [0.15, 0.2) is 0 Å². The molecule has 0 aliphatic rings. The molecule has 0 aliphatic heterocycles. The third-order valence-corrected chi connectivity index (χ3v) is 0.